The fourth-order valence-corrected chi connectivity index (χ4v) is 2.59. The maximum absolute atomic E-state index is 6.10. The summed E-state index contributed by atoms with van der Waals surface area (Å²) in [4.78, 5) is 9.28. The average Bonchev–Trinajstić information content (AvgIpc) is 3.48. The number of benzene rings is 1. The van der Waals surface area contributed by atoms with Crippen molar-refractivity contribution in [1.82, 2.24) is 9.97 Å². The molecule has 0 saturated heterocycles. The van der Waals surface area contributed by atoms with E-state index >= 15 is 0 Å². The van der Waals surface area contributed by atoms with Crippen LogP contribution in [0.4, 0.5) is 0 Å². The van der Waals surface area contributed by atoms with Crippen molar-refractivity contribution < 1.29 is 14.2 Å². The Balaban J connectivity index is 1.66. The number of aryl methyl sites for hydroxylation is 1. The average molecular weight is 326 g/mol. The highest BCUT2D eigenvalue weighted by molar-refractivity contribution is 5.47. The molecule has 24 heavy (non-hydrogen) atoms. The van der Waals surface area contributed by atoms with E-state index < -0.39 is 0 Å². The minimum absolute atomic E-state index is 0.479. The molecule has 0 amide bonds. The standard InChI is InChI=1S/C19H22N2O3/c1-12-17(24-16-6-4-3-5-15(16)22-2)19(23-11-13-7-8-13)21-18(20-12)14-9-10-14/h3-6,13-14H,7-11H2,1-2H3. The molecule has 1 aromatic heterocycles. The fraction of sp³-hybridized carbons (Fsp3) is 0.474. The maximum atomic E-state index is 6.10. The molecule has 0 radical (unpaired) electrons. The van der Waals surface area contributed by atoms with Gasteiger partial charge < -0.3 is 14.2 Å². The Morgan fingerprint density at radius 3 is 2.46 bits per heavy atom. The lowest BCUT2D eigenvalue weighted by molar-refractivity contribution is 0.270. The Morgan fingerprint density at radius 2 is 1.79 bits per heavy atom. The summed E-state index contributed by atoms with van der Waals surface area (Å²) < 4.78 is 17.5. The summed E-state index contributed by atoms with van der Waals surface area (Å²) in [6.45, 7) is 2.64. The molecule has 0 bridgehead atoms. The molecule has 0 N–H and O–H groups in total. The zero-order chi connectivity index (χ0) is 16.5. The molecular formula is C19H22N2O3. The van der Waals surface area contributed by atoms with Crippen molar-refractivity contribution in [2.45, 2.75) is 38.5 Å². The van der Waals surface area contributed by atoms with E-state index in [4.69, 9.17) is 14.2 Å². The quantitative estimate of drug-likeness (QED) is 0.761. The Bertz CT molecular complexity index is 739. The van der Waals surface area contributed by atoms with Crippen molar-refractivity contribution in [3.63, 3.8) is 0 Å². The van der Waals surface area contributed by atoms with Gasteiger partial charge in [0.15, 0.2) is 11.5 Å². The fourth-order valence-electron chi connectivity index (χ4n) is 2.59. The van der Waals surface area contributed by atoms with Gasteiger partial charge in [-0.15, -0.1) is 0 Å². The molecule has 2 aliphatic carbocycles. The lowest BCUT2D eigenvalue weighted by atomic mass is 10.3. The van der Waals surface area contributed by atoms with Gasteiger partial charge in [0.05, 0.1) is 19.4 Å². The first-order chi connectivity index (χ1) is 11.7. The molecule has 2 fully saturated rings. The van der Waals surface area contributed by atoms with Crippen LogP contribution in [-0.2, 0) is 0 Å². The maximum Gasteiger partial charge on any atom is 0.261 e. The number of nitrogens with zero attached hydrogens (tertiary/aromatic N) is 2. The molecule has 1 aromatic carbocycles. The third-order valence-electron chi connectivity index (χ3n) is 4.40. The minimum atomic E-state index is 0.479. The Kier molecular flexibility index (Phi) is 4.00. The van der Waals surface area contributed by atoms with Gasteiger partial charge in [-0.2, -0.15) is 4.98 Å². The highest BCUT2D eigenvalue weighted by Crippen LogP contribution is 2.43. The van der Waals surface area contributed by atoms with Crippen LogP contribution in [0, 0.1) is 12.8 Å². The van der Waals surface area contributed by atoms with Crippen LogP contribution in [0.25, 0.3) is 0 Å². The molecule has 2 saturated carbocycles. The van der Waals surface area contributed by atoms with E-state index in [1.807, 2.05) is 31.2 Å². The Hall–Kier alpha value is -2.30. The molecule has 2 aliphatic rings. The van der Waals surface area contributed by atoms with Crippen molar-refractivity contribution in [2.24, 2.45) is 5.92 Å². The van der Waals surface area contributed by atoms with Gasteiger partial charge in [0, 0.05) is 5.92 Å². The second-order valence-electron chi connectivity index (χ2n) is 6.58. The number of rotatable bonds is 7. The zero-order valence-corrected chi connectivity index (χ0v) is 14.1. The van der Waals surface area contributed by atoms with Crippen molar-refractivity contribution >= 4 is 0 Å². The minimum Gasteiger partial charge on any atom is -0.493 e. The molecule has 5 heteroatoms. The van der Waals surface area contributed by atoms with Crippen molar-refractivity contribution in [1.29, 1.82) is 0 Å². The highest BCUT2D eigenvalue weighted by Gasteiger charge is 2.30. The van der Waals surface area contributed by atoms with E-state index in [9.17, 15) is 0 Å². The molecule has 2 aromatic rings. The zero-order valence-electron chi connectivity index (χ0n) is 14.1. The predicted molar refractivity (Wildman–Crippen MR) is 90.0 cm³/mol. The van der Waals surface area contributed by atoms with Gasteiger partial charge in [0.1, 0.15) is 5.82 Å². The Morgan fingerprint density at radius 1 is 1.04 bits per heavy atom. The van der Waals surface area contributed by atoms with Gasteiger partial charge in [0.25, 0.3) is 5.88 Å². The first-order valence-electron chi connectivity index (χ1n) is 8.57. The van der Waals surface area contributed by atoms with E-state index in [1.54, 1.807) is 7.11 Å². The summed E-state index contributed by atoms with van der Waals surface area (Å²) in [5.41, 5.74) is 0.809. The smallest absolute Gasteiger partial charge is 0.261 e. The van der Waals surface area contributed by atoms with Gasteiger partial charge in [-0.05, 0) is 50.7 Å². The van der Waals surface area contributed by atoms with E-state index in [0.29, 0.717) is 41.6 Å². The summed E-state index contributed by atoms with van der Waals surface area (Å²) in [6.07, 6.45) is 4.80. The number of para-hydroxylation sites is 2. The van der Waals surface area contributed by atoms with Crippen LogP contribution >= 0.6 is 0 Å². The molecule has 0 aliphatic heterocycles. The molecule has 126 valence electrons. The van der Waals surface area contributed by atoms with Crippen LogP contribution in [-0.4, -0.2) is 23.7 Å². The molecule has 1 heterocycles. The van der Waals surface area contributed by atoms with Gasteiger partial charge in [-0.3, -0.25) is 0 Å². The lowest BCUT2D eigenvalue weighted by Crippen LogP contribution is -2.07. The van der Waals surface area contributed by atoms with E-state index in [-0.39, 0.29) is 0 Å². The predicted octanol–water partition coefficient (Wildman–Crippen LogP) is 4.25. The van der Waals surface area contributed by atoms with E-state index in [2.05, 4.69) is 9.97 Å². The van der Waals surface area contributed by atoms with Crippen LogP contribution in [0.5, 0.6) is 23.1 Å². The summed E-state index contributed by atoms with van der Waals surface area (Å²) in [6, 6.07) is 7.57. The number of methoxy groups -OCH3 is 1. The second-order valence-corrected chi connectivity index (χ2v) is 6.58. The summed E-state index contributed by atoms with van der Waals surface area (Å²) in [5, 5.41) is 0. The summed E-state index contributed by atoms with van der Waals surface area (Å²) in [7, 11) is 1.63. The first kappa shape index (κ1) is 15.2. The largest absolute Gasteiger partial charge is 0.493 e. The molecular weight excluding hydrogens is 304 g/mol. The molecule has 5 nitrogen and oxygen atoms in total. The van der Waals surface area contributed by atoms with Crippen molar-refractivity contribution in [2.75, 3.05) is 13.7 Å². The third-order valence-corrected chi connectivity index (χ3v) is 4.40. The van der Waals surface area contributed by atoms with Crippen molar-refractivity contribution in [3.8, 4) is 23.1 Å². The highest BCUT2D eigenvalue weighted by atomic mass is 16.5. The normalized spacial score (nSPS) is 16.8. The topological polar surface area (TPSA) is 53.5 Å². The van der Waals surface area contributed by atoms with Gasteiger partial charge >= 0.3 is 0 Å². The summed E-state index contributed by atoms with van der Waals surface area (Å²) in [5.74, 6) is 4.48. The van der Waals surface area contributed by atoms with Crippen LogP contribution in [0.2, 0.25) is 0 Å². The van der Waals surface area contributed by atoms with E-state index in [1.165, 1.54) is 12.8 Å². The first-order valence-corrected chi connectivity index (χ1v) is 8.57. The molecule has 0 atom stereocenters. The number of hydrogen-bond acceptors (Lipinski definition) is 5. The SMILES string of the molecule is COc1ccccc1Oc1c(C)nc(C2CC2)nc1OCC1CC1. The van der Waals surface area contributed by atoms with Crippen LogP contribution in [0.3, 0.4) is 0 Å². The number of hydrogen-bond donors (Lipinski definition) is 0. The molecule has 0 spiro atoms. The third kappa shape index (κ3) is 3.30. The monoisotopic (exact) mass is 326 g/mol. The van der Waals surface area contributed by atoms with Gasteiger partial charge in [0.2, 0.25) is 5.75 Å². The van der Waals surface area contributed by atoms with Gasteiger partial charge in [-0.1, -0.05) is 12.1 Å². The second kappa shape index (κ2) is 6.30. The van der Waals surface area contributed by atoms with Crippen molar-refractivity contribution in [3.05, 3.63) is 35.8 Å². The van der Waals surface area contributed by atoms with E-state index in [0.717, 1.165) is 24.4 Å². The lowest BCUT2D eigenvalue weighted by Gasteiger charge is -2.16. The van der Waals surface area contributed by atoms with Crippen LogP contribution < -0.4 is 14.2 Å². The number of ether oxygens (including phenoxy) is 3. The van der Waals surface area contributed by atoms with Crippen LogP contribution in [0.1, 0.15) is 43.1 Å². The Labute approximate surface area is 142 Å². The van der Waals surface area contributed by atoms with Gasteiger partial charge in [-0.25, -0.2) is 4.98 Å². The molecule has 0 unspecified atom stereocenters. The summed E-state index contributed by atoms with van der Waals surface area (Å²) >= 11 is 0. The van der Waals surface area contributed by atoms with Crippen LogP contribution in [0.15, 0.2) is 24.3 Å². The molecule has 4 rings (SSSR count). The number of aromatic nitrogens is 2.